The summed E-state index contributed by atoms with van der Waals surface area (Å²) >= 11 is 1.82. The van der Waals surface area contributed by atoms with E-state index in [0.717, 1.165) is 24.6 Å². The fourth-order valence-electron chi connectivity index (χ4n) is 2.80. The highest BCUT2D eigenvalue weighted by atomic mass is 32.2. The summed E-state index contributed by atoms with van der Waals surface area (Å²) in [6, 6.07) is 12.0. The summed E-state index contributed by atoms with van der Waals surface area (Å²) in [6.45, 7) is 1.49. The number of hydrogen-bond donors (Lipinski definition) is 2. The Morgan fingerprint density at radius 1 is 1.19 bits per heavy atom. The van der Waals surface area contributed by atoms with E-state index < -0.39 is 16.0 Å². The summed E-state index contributed by atoms with van der Waals surface area (Å²) in [6.07, 6.45) is 0. The number of anilines is 2. The van der Waals surface area contributed by atoms with Gasteiger partial charge in [0.05, 0.1) is 27.8 Å². The maximum atomic E-state index is 12.6. The molecular formula is C18H17N3O4S2. The zero-order valence-electron chi connectivity index (χ0n) is 14.3. The number of carboxylic acids is 1. The van der Waals surface area contributed by atoms with Gasteiger partial charge < -0.3 is 10.0 Å². The molecule has 2 aromatic carbocycles. The van der Waals surface area contributed by atoms with Crippen molar-refractivity contribution < 1.29 is 18.3 Å². The van der Waals surface area contributed by atoms with Gasteiger partial charge >= 0.3 is 5.97 Å². The SMILES string of the molecule is N#Cc1cccc(S(=O)(=O)Nc2ccc(N3CCSCC3)c(C(=O)O)c2)c1. The van der Waals surface area contributed by atoms with Crippen LogP contribution in [0.5, 0.6) is 0 Å². The van der Waals surface area contributed by atoms with E-state index in [2.05, 4.69) is 4.72 Å². The number of nitrogens with one attached hydrogen (secondary N) is 1. The minimum atomic E-state index is -3.94. The van der Waals surface area contributed by atoms with Gasteiger partial charge in [0.15, 0.2) is 0 Å². The van der Waals surface area contributed by atoms with E-state index in [1.165, 1.54) is 30.3 Å². The number of thioether (sulfide) groups is 1. The van der Waals surface area contributed by atoms with Crippen LogP contribution < -0.4 is 9.62 Å². The molecule has 0 atom stereocenters. The van der Waals surface area contributed by atoms with Gasteiger partial charge in [-0.15, -0.1) is 0 Å². The molecule has 9 heteroatoms. The Hall–Kier alpha value is -2.70. The number of carbonyl (C=O) groups is 1. The molecule has 2 aromatic rings. The van der Waals surface area contributed by atoms with Crippen molar-refractivity contribution in [1.29, 1.82) is 5.26 Å². The van der Waals surface area contributed by atoms with Gasteiger partial charge in [0.25, 0.3) is 10.0 Å². The largest absolute Gasteiger partial charge is 0.478 e. The summed E-state index contributed by atoms with van der Waals surface area (Å²) in [7, 11) is -3.94. The molecule has 1 aliphatic heterocycles. The second kappa shape index (κ2) is 7.90. The number of rotatable bonds is 5. The van der Waals surface area contributed by atoms with Gasteiger partial charge in [-0.2, -0.15) is 17.0 Å². The Morgan fingerprint density at radius 2 is 1.93 bits per heavy atom. The topological polar surface area (TPSA) is 110 Å². The van der Waals surface area contributed by atoms with Crippen molar-refractivity contribution in [3.63, 3.8) is 0 Å². The average Bonchev–Trinajstić information content (AvgIpc) is 2.68. The molecule has 1 saturated heterocycles. The first-order valence-electron chi connectivity index (χ1n) is 8.14. The predicted octanol–water partition coefficient (Wildman–Crippen LogP) is 2.61. The van der Waals surface area contributed by atoms with Crippen LogP contribution in [0.4, 0.5) is 11.4 Å². The molecule has 0 saturated carbocycles. The molecule has 2 N–H and O–H groups in total. The lowest BCUT2D eigenvalue weighted by molar-refractivity contribution is 0.0697. The molecule has 0 aromatic heterocycles. The smallest absolute Gasteiger partial charge is 0.337 e. The maximum Gasteiger partial charge on any atom is 0.337 e. The zero-order valence-corrected chi connectivity index (χ0v) is 15.9. The number of aromatic carboxylic acids is 1. The molecule has 7 nitrogen and oxygen atoms in total. The fourth-order valence-corrected chi connectivity index (χ4v) is 4.80. The van der Waals surface area contributed by atoms with Crippen LogP contribution in [0.15, 0.2) is 47.4 Å². The van der Waals surface area contributed by atoms with E-state index in [1.54, 1.807) is 12.1 Å². The molecule has 0 amide bonds. The number of hydrogen-bond acceptors (Lipinski definition) is 6. The minimum Gasteiger partial charge on any atom is -0.478 e. The van der Waals surface area contributed by atoms with Gasteiger partial charge in [-0.1, -0.05) is 6.07 Å². The lowest BCUT2D eigenvalue weighted by atomic mass is 10.1. The summed E-state index contributed by atoms with van der Waals surface area (Å²) in [5, 5.41) is 18.5. The number of sulfonamides is 1. The molecule has 1 aliphatic rings. The predicted molar refractivity (Wildman–Crippen MR) is 105 cm³/mol. The van der Waals surface area contributed by atoms with Crippen molar-refractivity contribution in [2.24, 2.45) is 0 Å². The van der Waals surface area contributed by atoms with Crippen LogP contribution in [0.2, 0.25) is 0 Å². The number of benzene rings is 2. The van der Waals surface area contributed by atoms with E-state index in [0.29, 0.717) is 5.69 Å². The number of carboxylic acid groups (broad SMARTS) is 1. The molecule has 0 bridgehead atoms. The van der Waals surface area contributed by atoms with Gasteiger partial charge in [0.2, 0.25) is 0 Å². The Balaban J connectivity index is 1.91. The lowest BCUT2D eigenvalue weighted by Crippen LogP contribution is -2.33. The van der Waals surface area contributed by atoms with Gasteiger partial charge in [-0.25, -0.2) is 13.2 Å². The molecular weight excluding hydrogens is 386 g/mol. The van der Waals surface area contributed by atoms with Gasteiger partial charge in [-0.05, 0) is 36.4 Å². The molecule has 140 valence electrons. The quantitative estimate of drug-likeness (QED) is 0.789. The van der Waals surface area contributed by atoms with Crippen molar-refractivity contribution in [2.75, 3.05) is 34.2 Å². The van der Waals surface area contributed by atoms with E-state index >= 15 is 0 Å². The van der Waals surface area contributed by atoms with Crippen LogP contribution in [0.3, 0.4) is 0 Å². The monoisotopic (exact) mass is 403 g/mol. The molecule has 0 spiro atoms. The first-order chi connectivity index (χ1) is 12.9. The maximum absolute atomic E-state index is 12.6. The first kappa shape index (κ1) is 19.1. The van der Waals surface area contributed by atoms with Crippen LogP contribution in [0.1, 0.15) is 15.9 Å². The van der Waals surface area contributed by atoms with Crippen molar-refractivity contribution in [1.82, 2.24) is 0 Å². The Morgan fingerprint density at radius 3 is 2.59 bits per heavy atom. The first-order valence-corrected chi connectivity index (χ1v) is 10.8. The summed E-state index contributed by atoms with van der Waals surface area (Å²) in [5.41, 5.74) is 1.01. The molecule has 1 heterocycles. The second-order valence-corrected chi connectivity index (χ2v) is 8.79. The van der Waals surface area contributed by atoms with E-state index in [4.69, 9.17) is 5.26 Å². The number of nitrogens with zero attached hydrogens (tertiary/aromatic N) is 2. The Labute approximate surface area is 161 Å². The minimum absolute atomic E-state index is 0.0490. The standard InChI is InChI=1S/C18H17N3O4S2/c19-12-13-2-1-3-15(10-13)27(24,25)20-14-4-5-17(16(11-14)18(22)23)21-6-8-26-9-7-21/h1-5,10-11,20H,6-9H2,(H,22,23). The highest BCUT2D eigenvalue weighted by Gasteiger charge is 2.21. The zero-order chi connectivity index (χ0) is 19.4. The summed E-state index contributed by atoms with van der Waals surface area (Å²) < 4.78 is 27.5. The molecule has 3 rings (SSSR count). The highest BCUT2D eigenvalue weighted by Crippen LogP contribution is 2.28. The van der Waals surface area contributed by atoms with Crippen LogP contribution in [-0.2, 0) is 10.0 Å². The molecule has 27 heavy (non-hydrogen) atoms. The Bertz CT molecular complexity index is 1010. The van der Waals surface area contributed by atoms with Gasteiger partial charge in [0, 0.05) is 30.3 Å². The average molecular weight is 403 g/mol. The van der Waals surface area contributed by atoms with Crippen LogP contribution in [0, 0.1) is 11.3 Å². The molecule has 0 unspecified atom stereocenters. The second-order valence-electron chi connectivity index (χ2n) is 5.88. The van der Waals surface area contributed by atoms with Crippen LogP contribution in [0.25, 0.3) is 0 Å². The van der Waals surface area contributed by atoms with E-state index in [1.807, 2.05) is 22.7 Å². The third-order valence-electron chi connectivity index (χ3n) is 4.10. The lowest BCUT2D eigenvalue weighted by Gasteiger charge is -2.29. The van der Waals surface area contributed by atoms with Crippen LogP contribution in [-0.4, -0.2) is 44.1 Å². The van der Waals surface area contributed by atoms with Crippen LogP contribution >= 0.6 is 11.8 Å². The summed E-state index contributed by atoms with van der Waals surface area (Å²) in [4.78, 5) is 13.6. The number of nitriles is 1. The third-order valence-corrected chi connectivity index (χ3v) is 6.43. The molecule has 0 aliphatic carbocycles. The van der Waals surface area contributed by atoms with Crippen molar-refractivity contribution in [3.8, 4) is 6.07 Å². The van der Waals surface area contributed by atoms with Crippen molar-refractivity contribution in [2.45, 2.75) is 4.90 Å². The van der Waals surface area contributed by atoms with Crippen molar-refractivity contribution >= 4 is 39.1 Å². The fraction of sp³-hybridized carbons (Fsp3) is 0.222. The van der Waals surface area contributed by atoms with E-state index in [-0.39, 0.29) is 21.7 Å². The Kier molecular flexibility index (Phi) is 5.58. The van der Waals surface area contributed by atoms with Gasteiger partial charge in [0.1, 0.15) is 0 Å². The van der Waals surface area contributed by atoms with Gasteiger partial charge in [-0.3, -0.25) is 4.72 Å². The molecule has 0 radical (unpaired) electrons. The normalized spacial score (nSPS) is 14.4. The third kappa shape index (κ3) is 4.35. The highest BCUT2D eigenvalue weighted by molar-refractivity contribution is 7.99. The van der Waals surface area contributed by atoms with E-state index in [9.17, 15) is 18.3 Å². The van der Waals surface area contributed by atoms with Crippen molar-refractivity contribution in [3.05, 3.63) is 53.6 Å². The molecule has 1 fully saturated rings. The summed E-state index contributed by atoms with van der Waals surface area (Å²) in [5.74, 6) is 0.724.